The van der Waals surface area contributed by atoms with E-state index >= 15 is 0 Å². The first-order valence-corrected chi connectivity index (χ1v) is 4.15. The zero-order chi connectivity index (χ0) is 8.97. The summed E-state index contributed by atoms with van der Waals surface area (Å²) < 4.78 is 0. The van der Waals surface area contributed by atoms with Crippen molar-refractivity contribution < 1.29 is 5.11 Å². The molecule has 0 unspecified atom stereocenters. The number of aliphatic hydroxyl groups excluding tert-OH is 1. The third-order valence-corrected chi connectivity index (χ3v) is 1.71. The van der Waals surface area contributed by atoms with Crippen molar-refractivity contribution in [2.24, 2.45) is 0 Å². The smallest absolute Gasteiger partial charge is 0.144 e. The monoisotopic (exact) mass is 206 g/mol. The van der Waals surface area contributed by atoms with Gasteiger partial charge in [-0.05, 0) is 6.07 Å². The van der Waals surface area contributed by atoms with E-state index in [1.807, 2.05) is 0 Å². The number of rotatable bonds is 3. The summed E-state index contributed by atoms with van der Waals surface area (Å²) in [4.78, 5) is 3.93. The lowest BCUT2D eigenvalue weighted by atomic mass is 10.4. The van der Waals surface area contributed by atoms with Gasteiger partial charge in [0, 0.05) is 12.7 Å². The Hall–Kier alpha value is -0.510. The van der Waals surface area contributed by atoms with Crippen molar-refractivity contribution in [1.29, 1.82) is 0 Å². The summed E-state index contributed by atoms with van der Waals surface area (Å²) >= 11 is 11.4. The molecule has 0 radical (unpaired) electrons. The van der Waals surface area contributed by atoms with Gasteiger partial charge in [0.05, 0.1) is 16.7 Å². The highest BCUT2D eigenvalue weighted by atomic mass is 35.5. The fraction of sp³-hybridized carbons (Fsp3) is 0.286. The van der Waals surface area contributed by atoms with Crippen molar-refractivity contribution >= 4 is 29.0 Å². The molecule has 0 amide bonds. The van der Waals surface area contributed by atoms with Crippen LogP contribution in [0.4, 0.5) is 5.82 Å². The Morgan fingerprint density at radius 2 is 2.25 bits per heavy atom. The van der Waals surface area contributed by atoms with Gasteiger partial charge in [0.25, 0.3) is 0 Å². The third-order valence-electron chi connectivity index (χ3n) is 1.21. The molecule has 1 aromatic heterocycles. The van der Waals surface area contributed by atoms with Crippen LogP contribution in [0.25, 0.3) is 0 Å². The molecule has 12 heavy (non-hydrogen) atoms. The van der Waals surface area contributed by atoms with E-state index in [-0.39, 0.29) is 6.61 Å². The van der Waals surface area contributed by atoms with Crippen LogP contribution < -0.4 is 5.32 Å². The molecule has 0 aliphatic carbocycles. The molecular formula is C7H8Cl2N2O. The summed E-state index contributed by atoms with van der Waals surface area (Å²) in [5, 5.41) is 12.3. The Bertz CT molecular complexity index is 268. The molecule has 2 N–H and O–H groups in total. The Labute approximate surface area is 80.3 Å². The van der Waals surface area contributed by atoms with E-state index < -0.39 is 0 Å². The lowest BCUT2D eigenvalue weighted by Gasteiger charge is -2.04. The summed E-state index contributed by atoms with van der Waals surface area (Å²) in [5.74, 6) is 0.537. The van der Waals surface area contributed by atoms with Crippen LogP contribution in [0.5, 0.6) is 0 Å². The first kappa shape index (κ1) is 9.58. The minimum atomic E-state index is 0.0423. The summed E-state index contributed by atoms with van der Waals surface area (Å²) in [5.41, 5.74) is 0. The number of aliphatic hydroxyl groups is 1. The molecule has 0 aromatic carbocycles. The Morgan fingerprint density at radius 1 is 1.50 bits per heavy atom. The molecule has 66 valence electrons. The van der Waals surface area contributed by atoms with Crippen LogP contribution in [0.2, 0.25) is 10.0 Å². The lowest BCUT2D eigenvalue weighted by molar-refractivity contribution is 0.311. The van der Waals surface area contributed by atoms with Crippen LogP contribution in [0.1, 0.15) is 0 Å². The van der Waals surface area contributed by atoms with Crippen molar-refractivity contribution in [2.75, 3.05) is 18.5 Å². The number of nitrogens with zero attached hydrogens (tertiary/aromatic N) is 1. The number of hydrogen-bond donors (Lipinski definition) is 2. The second kappa shape index (κ2) is 4.50. The molecule has 0 saturated carbocycles. The average molecular weight is 207 g/mol. The van der Waals surface area contributed by atoms with Gasteiger partial charge in [-0.15, -0.1) is 0 Å². The van der Waals surface area contributed by atoms with E-state index in [0.29, 0.717) is 22.4 Å². The Kier molecular flexibility index (Phi) is 3.59. The van der Waals surface area contributed by atoms with Gasteiger partial charge in [-0.2, -0.15) is 0 Å². The van der Waals surface area contributed by atoms with Gasteiger partial charge in [0.1, 0.15) is 5.82 Å². The largest absolute Gasteiger partial charge is 0.395 e. The summed E-state index contributed by atoms with van der Waals surface area (Å²) in [7, 11) is 0. The first-order valence-electron chi connectivity index (χ1n) is 3.40. The molecule has 5 heteroatoms. The van der Waals surface area contributed by atoms with Crippen LogP contribution >= 0.6 is 23.2 Å². The molecule has 0 aliphatic heterocycles. The Balaban J connectivity index is 2.72. The number of pyridine rings is 1. The molecule has 0 saturated heterocycles. The topological polar surface area (TPSA) is 45.1 Å². The minimum Gasteiger partial charge on any atom is -0.395 e. The first-order chi connectivity index (χ1) is 5.74. The molecule has 0 aliphatic rings. The molecule has 0 bridgehead atoms. The van der Waals surface area contributed by atoms with Gasteiger partial charge in [-0.3, -0.25) is 0 Å². The van der Waals surface area contributed by atoms with Gasteiger partial charge < -0.3 is 10.4 Å². The van der Waals surface area contributed by atoms with E-state index in [1.54, 1.807) is 6.07 Å². The fourth-order valence-corrected chi connectivity index (χ4v) is 1.17. The fourth-order valence-electron chi connectivity index (χ4n) is 0.719. The Morgan fingerprint density at radius 3 is 2.83 bits per heavy atom. The second-order valence-corrected chi connectivity index (χ2v) is 2.98. The molecular weight excluding hydrogens is 199 g/mol. The van der Waals surface area contributed by atoms with Crippen LogP contribution in [-0.4, -0.2) is 23.2 Å². The number of hydrogen-bond acceptors (Lipinski definition) is 3. The van der Waals surface area contributed by atoms with E-state index in [0.717, 1.165) is 0 Å². The standard InChI is InChI=1S/C7H8Cl2N2O/c8-5-3-6(9)7(11-4-5)10-1-2-12/h3-4,12H,1-2H2,(H,10,11). The molecule has 3 nitrogen and oxygen atoms in total. The number of aromatic nitrogens is 1. The van der Waals surface area contributed by atoms with Crippen LogP contribution in [0.3, 0.4) is 0 Å². The van der Waals surface area contributed by atoms with Gasteiger partial charge in [0.15, 0.2) is 0 Å². The molecule has 1 rings (SSSR count). The molecule has 1 aromatic rings. The quantitative estimate of drug-likeness (QED) is 0.794. The lowest BCUT2D eigenvalue weighted by Crippen LogP contribution is -2.07. The van der Waals surface area contributed by atoms with Gasteiger partial charge in [-0.25, -0.2) is 4.98 Å². The SMILES string of the molecule is OCCNc1ncc(Cl)cc1Cl. The van der Waals surface area contributed by atoms with E-state index in [9.17, 15) is 0 Å². The average Bonchev–Trinajstić information content (AvgIpc) is 2.03. The molecule has 0 atom stereocenters. The summed E-state index contributed by atoms with van der Waals surface area (Å²) in [6.45, 7) is 0.467. The number of anilines is 1. The van der Waals surface area contributed by atoms with E-state index in [2.05, 4.69) is 10.3 Å². The maximum Gasteiger partial charge on any atom is 0.144 e. The maximum absolute atomic E-state index is 8.51. The van der Waals surface area contributed by atoms with Crippen molar-refractivity contribution in [2.45, 2.75) is 0 Å². The third kappa shape index (κ3) is 2.52. The van der Waals surface area contributed by atoms with Crippen molar-refractivity contribution in [3.05, 3.63) is 22.3 Å². The van der Waals surface area contributed by atoms with Crippen LogP contribution in [-0.2, 0) is 0 Å². The molecule has 1 heterocycles. The van der Waals surface area contributed by atoms with Gasteiger partial charge in [-0.1, -0.05) is 23.2 Å². The van der Waals surface area contributed by atoms with Crippen molar-refractivity contribution in [3.63, 3.8) is 0 Å². The zero-order valence-corrected chi connectivity index (χ0v) is 7.73. The molecule has 0 fully saturated rings. The molecule has 0 spiro atoms. The van der Waals surface area contributed by atoms with Crippen molar-refractivity contribution in [3.8, 4) is 0 Å². The van der Waals surface area contributed by atoms with Gasteiger partial charge in [0.2, 0.25) is 0 Å². The van der Waals surface area contributed by atoms with Gasteiger partial charge >= 0.3 is 0 Å². The highest BCUT2D eigenvalue weighted by Gasteiger charge is 2.00. The highest BCUT2D eigenvalue weighted by Crippen LogP contribution is 2.21. The summed E-state index contributed by atoms with van der Waals surface area (Å²) in [6.07, 6.45) is 1.49. The number of halogens is 2. The predicted octanol–water partition coefficient (Wildman–Crippen LogP) is 1.79. The van der Waals surface area contributed by atoms with Crippen molar-refractivity contribution in [1.82, 2.24) is 4.98 Å². The normalized spacial score (nSPS) is 9.92. The predicted molar refractivity (Wildman–Crippen MR) is 49.8 cm³/mol. The maximum atomic E-state index is 8.51. The van der Waals surface area contributed by atoms with Crippen LogP contribution in [0.15, 0.2) is 12.3 Å². The highest BCUT2D eigenvalue weighted by molar-refractivity contribution is 6.35. The van der Waals surface area contributed by atoms with E-state index in [1.165, 1.54) is 6.20 Å². The zero-order valence-electron chi connectivity index (χ0n) is 6.22. The van der Waals surface area contributed by atoms with E-state index in [4.69, 9.17) is 28.3 Å². The summed E-state index contributed by atoms with van der Waals surface area (Å²) in [6, 6.07) is 1.59. The number of nitrogens with one attached hydrogen (secondary N) is 1. The second-order valence-electron chi connectivity index (χ2n) is 2.13. The van der Waals surface area contributed by atoms with Crippen LogP contribution in [0, 0.1) is 0 Å². The minimum absolute atomic E-state index is 0.0423.